The smallest absolute Gasteiger partial charge is 0.276 e. The van der Waals surface area contributed by atoms with Gasteiger partial charge in [-0.3, -0.25) is 9.89 Å². The molecule has 1 N–H and O–H groups in total. The van der Waals surface area contributed by atoms with Crippen LogP contribution in [0.25, 0.3) is 5.65 Å². The van der Waals surface area contributed by atoms with E-state index in [1.807, 2.05) is 20.8 Å². The summed E-state index contributed by atoms with van der Waals surface area (Å²) in [5.74, 6) is 0.490. The second-order valence-electron chi connectivity index (χ2n) is 5.68. The highest BCUT2D eigenvalue weighted by molar-refractivity contribution is 5.41. The molecule has 0 saturated carbocycles. The molecular formula is C12H14F3N3O. The standard InChI is InChI=1S/C12H14F3N3O/c1-11(2,3)6-8-16-9-4-7(12(13,14)15)5-10(19)18(9)17-8/h4-5H,6H2,1-3H3,(H,16,17). The van der Waals surface area contributed by atoms with Crippen molar-refractivity contribution in [2.45, 2.75) is 33.4 Å². The summed E-state index contributed by atoms with van der Waals surface area (Å²) in [6, 6.07) is 1.43. The molecule has 2 aromatic heterocycles. The van der Waals surface area contributed by atoms with E-state index >= 15 is 0 Å². The van der Waals surface area contributed by atoms with Crippen LogP contribution in [-0.4, -0.2) is 14.6 Å². The van der Waals surface area contributed by atoms with Crippen LogP contribution in [-0.2, 0) is 12.6 Å². The van der Waals surface area contributed by atoms with E-state index in [4.69, 9.17) is 0 Å². The molecule has 0 saturated heterocycles. The molecule has 0 aliphatic rings. The second-order valence-corrected chi connectivity index (χ2v) is 5.68. The van der Waals surface area contributed by atoms with E-state index in [0.29, 0.717) is 18.3 Å². The summed E-state index contributed by atoms with van der Waals surface area (Å²) in [6.45, 7) is 5.93. The first-order valence-electron chi connectivity index (χ1n) is 5.75. The molecule has 2 aromatic rings. The van der Waals surface area contributed by atoms with Gasteiger partial charge in [0, 0.05) is 12.5 Å². The van der Waals surface area contributed by atoms with Gasteiger partial charge in [-0.2, -0.15) is 13.2 Å². The molecular weight excluding hydrogens is 259 g/mol. The van der Waals surface area contributed by atoms with Gasteiger partial charge in [-0.05, 0) is 11.5 Å². The zero-order valence-electron chi connectivity index (χ0n) is 10.8. The fourth-order valence-electron chi connectivity index (χ4n) is 1.79. The Bertz CT molecular complexity index is 661. The summed E-state index contributed by atoms with van der Waals surface area (Å²) >= 11 is 0. The number of hydrogen-bond acceptors (Lipinski definition) is 2. The molecule has 0 aromatic carbocycles. The van der Waals surface area contributed by atoms with Gasteiger partial charge in [0.25, 0.3) is 5.56 Å². The van der Waals surface area contributed by atoms with Gasteiger partial charge in [0.1, 0.15) is 5.82 Å². The quantitative estimate of drug-likeness (QED) is 0.868. The van der Waals surface area contributed by atoms with Crippen molar-refractivity contribution in [1.29, 1.82) is 0 Å². The van der Waals surface area contributed by atoms with Crippen molar-refractivity contribution in [3.63, 3.8) is 0 Å². The largest absolute Gasteiger partial charge is 0.416 e. The number of H-pyrrole nitrogens is 1. The Kier molecular flexibility index (Phi) is 2.95. The molecule has 104 valence electrons. The van der Waals surface area contributed by atoms with Crippen LogP contribution in [0.4, 0.5) is 13.2 Å². The highest BCUT2D eigenvalue weighted by Crippen LogP contribution is 2.28. The number of rotatable bonds is 1. The number of pyridine rings is 1. The van der Waals surface area contributed by atoms with Gasteiger partial charge >= 0.3 is 6.18 Å². The molecule has 0 amide bonds. The van der Waals surface area contributed by atoms with Gasteiger partial charge in [-0.1, -0.05) is 20.8 Å². The second kappa shape index (κ2) is 4.11. The van der Waals surface area contributed by atoms with Crippen LogP contribution in [0.2, 0.25) is 0 Å². The Morgan fingerprint density at radius 3 is 2.42 bits per heavy atom. The first-order chi connectivity index (χ1) is 8.56. The Hall–Kier alpha value is -1.79. The Morgan fingerprint density at radius 1 is 1.26 bits per heavy atom. The molecule has 2 rings (SSSR count). The summed E-state index contributed by atoms with van der Waals surface area (Å²) in [6.07, 6.45) is -4.01. The van der Waals surface area contributed by atoms with Crippen LogP contribution in [0.5, 0.6) is 0 Å². The van der Waals surface area contributed by atoms with Gasteiger partial charge < -0.3 is 0 Å². The van der Waals surface area contributed by atoms with E-state index in [0.717, 1.165) is 10.6 Å². The minimum Gasteiger partial charge on any atom is -0.276 e. The monoisotopic (exact) mass is 273 g/mol. The third-order valence-electron chi connectivity index (χ3n) is 2.53. The normalized spacial score (nSPS) is 13.2. The number of hydrogen-bond donors (Lipinski definition) is 1. The van der Waals surface area contributed by atoms with Crippen molar-refractivity contribution in [3.8, 4) is 0 Å². The first-order valence-corrected chi connectivity index (χ1v) is 5.75. The molecule has 4 nitrogen and oxygen atoms in total. The van der Waals surface area contributed by atoms with Crippen molar-refractivity contribution in [2.24, 2.45) is 5.41 Å². The summed E-state index contributed by atoms with van der Waals surface area (Å²) in [5, 5.41) is 2.72. The lowest BCUT2D eigenvalue weighted by Crippen LogP contribution is -2.18. The van der Waals surface area contributed by atoms with Gasteiger partial charge in [-0.25, -0.2) is 9.50 Å². The highest BCUT2D eigenvalue weighted by Gasteiger charge is 2.32. The molecule has 0 aliphatic carbocycles. The maximum absolute atomic E-state index is 12.6. The van der Waals surface area contributed by atoms with Crippen LogP contribution in [0.1, 0.15) is 32.2 Å². The SMILES string of the molecule is CC(C)(C)Cc1nc2cc(C(F)(F)F)cc(=O)n2[nH]1. The zero-order chi connectivity index (χ0) is 14.4. The van der Waals surface area contributed by atoms with Gasteiger partial charge in [0.2, 0.25) is 0 Å². The maximum atomic E-state index is 12.6. The number of alkyl halides is 3. The molecule has 0 spiro atoms. The molecule has 19 heavy (non-hydrogen) atoms. The van der Waals surface area contributed by atoms with Crippen LogP contribution in [0.15, 0.2) is 16.9 Å². The Labute approximate surface area is 107 Å². The molecule has 0 unspecified atom stereocenters. The van der Waals surface area contributed by atoms with Gasteiger partial charge in [0.15, 0.2) is 5.65 Å². The molecule has 0 aliphatic heterocycles. The van der Waals surface area contributed by atoms with Crippen LogP contribution >= 0.6 is 0 Å². The van der Waals surface area contributed by atoms with Crippen molar-refractivity contribution < 1.29 is 13.2 Å². The molecule has 0 bridgehead atoms. The number of nitrogens with one attached hydrogen (secondary N) is 1. The van der Waals surface area contributed by atoms with E-state index in [1.54, 1.807) is 0 Å². The lowest BCUT2D eigenvalue weighted by Gasteiger charge is -2.15. The van der Waals surface area contributed by atoms with E-state index in [9.17, 15) is 18.0 Å². The first kappa shape index (κ1) is 13.6. The summed E-state index contributed by atoms with van der Waals surface area (Å²) in [7, 11) is 0. The summed E-state index contributed by atoms with van der Waals surface area (Å²) in [4.78, 5) is 15.7. The summed E-state index contributed by atoms with van der Waals surface area (Å²) in [5.41, 5.74) is -1.84. The van der Waals surface area contributed by atoms with Crippen molar-refractivity contribution in [1.82, 2.24) is 14.6 Å². The van der Waals surface area contributed by atoms with E-state index < -0.39 is 17.3 Å². The van der Waals surface area contributed by atoms with Crippen LogP contribution < -0.4 is 5.56 Å². The lowest BCUT2D eigenvalue weighted by atomic mass is 9.92. The fourth-order valence-corrected chi connectivity index (χ4v) is 1.79. The number of aromatic nitrogens is 3. The molecule has 0 atom stereocenters. The number of fused-ring (bicyclic) bond motifs is 1. The van der Waals surface area contributed by atoms with E-state index in [-0.39, 0.29) is 11.1 Å². The van der Waals surface area contributed by atoms with E-state index in [2.05, 4.69) is 10.1 Å². The van der Waals surface area contributed by atoms with E-state index in [1.165, 1.54) is 0 Å². The predicted octanol–water partition coefficient (Wildman–Crippen LogP) is 2.63. The predicted molar refractivity (Wildman–Crippen MR) is 64.0 cm³/mol. The molecule has 2 heterocycles. The number of aromatic amines is 1. The topological polar surface area (TPSA) is 50.2 Å². The minimum absolute atomic E-state index is 0.0147. The minimum atomic E-state index is -4.54. The van der Waals surface area contributed by atoms with Gasteiger partial charge in [-0.15, -0.1) is 0 Å². The van der Waals surface area contributed by atoms with Crippen molar-refractivity contribution in [3.05, 3.63) is 33.9 Å². The molecule has 0 radical (unpaired) electrons. The molecule has 0 fully saturated rings. The number of halogens is 3. The third-order valence-corrected chi connectivity index (χ3v) is 2.53. The Morgan fingerprint density at radius 2 is 1.89 bits per heavy atom. The van der Waals surface area contributed by atoms with Crippen molar-refractivity contribution in [2.75, 3.05) is 0 Å². The van der Waals surface area contributed by atoms with Crippen molar-refractivity contribution >= 4 is 5.65 Å². The fraction of sp³-hybridized carbons (Fsp3) is 0.500. The average molecular weight is 273 g/mol. The lowest BCUT2D eigenvalue weighted by molar-refractivity contribution is -0.137. The van der Waals surface area contributed by atoms with Crippen LogP contribution in [0.3, 0.4) is 0 Å². The number of nitrogens with zero attached hydrogens (tertiary/aromatic N) is 2. The Balaban J connectivity index is 2.54. The zero-order valence-corrected chi connectivity index (χ0v) is 10.8. The maximum Gasteiger partial charge on any atom is 0.416 e. The van der Waals surface area contributed by atoms with Gasteiger partial charge in [0.05, 0.1) is 5.56 Å². The van der Waals surface area contributed by atoms with Crippen LogP contribution in [0, 0.1) is 5.41 Å². The highest BCUT2D eigenvalue weighted by atomic mass is 19.4. The average Bonchev–Trinajstić information content (AvgIpc) is 2.56. The third kappa shape index (κ3) is 2.97. The molecule has 7 heteroatoms. The summed E-state index contributed by atoms with van der Waals surface area (Å²) < 4.78 is 38.8.